The lowest BCUT2D eigenvalue weighted by molar-refractivity contribution is 0.0991. The number of allylic oxidation sites excluding steroid dienone is 1. The van der Waals surface area contributed by atoms with Crippen LogP contribution in [0.5, 0.6) is 0 Å². The van der Waals surface area contributed by atoms with Crippen molar-refractivity contribution in [3.05, 3.63) is 51.6 Å². The molecule has 4 rings (SSSR count). The zero-order valence-electron chi connectivity index (χ0n) is 20.6. The van der Waals surface area contributed by atoms with Crippen LogP contribution >= 0.6 is 0 Å². The van der Waals surface area contributed by atoms with Crippen molar-refractivity contribution in [2.24, 2.45) is 0 Å². The van der Waals surface area contributed by atoms with Gasteiger partial charge in [-0.1, -0.05) is 94.1 Å². The summed E-state index contributed by atoms with van der Waals surface area (Å²) in [6.45, 7) is 21.1. The second-order valence-electron chi connectivity index (χ2n) is 11.6. The smallest absolute Gasteiger partial charge is 0.267 e. The first-order valence-electron chi connectivity index (χ1n) is 11.5. The molecule has 1 amide bonds. The zero-order chi connectivity index (χ0) is 23.1. The highest BCUT2D eigenvalue weighted by Gasteiger charge is 2.56. The van der Waals surface area contributed by atoms with Crippen LogP contribution in [0.25, 0.3) is 17.2 Å². The van der Waals surface area contributed by atoms with E-state index in [0.717, 1.165) is 18.4 Å². The number of carbonyl (C=O) groups is 1. The van der Waals surface area contributed by atoms with Crippen molar-refractivity contribution in [3.8, 4) is 11.1 Å². The molecule has 2 aromatic carbocycles. The molecule has 1 aliphatic carbocycles. The van der Waals surface area contributed by atoms with E-state index in [2.05, 4.69) is 85.1 Å². The minimum absolute atomic E-state index is 0.0530. The average molecular weight is 447 g/mol. The first kappa shape index (κ1) is 22.3. The second kappa shape index (κ2) is 6.79. The summed E-state index contributed by atoms with van der Waals surface area (Å²) < 4.78 is 0. The maximum absolute atomic E-state index is 12.4. The first-order chi connectivity index (χ1) is 14.2. The predicted molar refractivity (Wildman–Crippen MR) is 139 cm³/mol. The molecular formula is C27H36NOSi2. The van der Waals surface area contributed by atoms with Crippen molar-refractivity contribution < 1.29 is 4.79 Å². The number of nitrogens with one attached hydrogen (secondary N) is 1. The molecule has 1 radical (unpaired) electrons. The Labute approximate surface area is 189 Å². The van der Waals surface area contributed by atoms with Crippen LogP contribution in [-0.4, -0.2) is 21.1 Å². The number of amides is 1. The summed E-state index contributed by atoms with van der Waals surface area (Å²) in [5, 5.41) is 2.99. The van der Waals surface area contributed by atoms with Crippen LogP contribution in [-0.2, 0) is 11.8 Å². The molecule has 0 spiro atoms. The molecule has 4 heteroatoms. The Morgan fingerprint density at radius 1 is 1.06 bits per heavy atom. The van der Waals surface area contributed by atoms with Crippen molar-refractivity contribution >= 4 is 37.5 Å². The van der Waals surface area contributed by atoms with Gasteiger partial charge in [0.1, 0.15) is 0 Å². The van der Waals surface area contributed by atoms with Gasteiger partial charge in [-0.05, 0) is 58.6 Å². The van der Waals surface area contributed by atoms with Crippen LogP contribution in [0.2, 0.25) is 26.2 Å². The van der Waals surface area contributed by atoms with Gasteiger partial charge in [0.25, 0.3) is 5.91 Å². The fourth-order valence-electron chi connectivity index (χ4n) is 5.48. The van der Waals surface area contributed by atoms with Crippen molar-refractivity contribution in [1.29, 1.82) is 0 Å². The van der Waals surface area contributed by atoms with Crippen LogP contribution in [0.4, 0.5) is 0 Å². The van der Waals surface area contributed by atoms with Gasteiger partial charge in [-0.2, -0.15) is 0 Å². The second-order valence-corrected chi connectivity index (χ2v) is 26.6. The number of hydrogen-bond acceptors (Lipinski definition) is 1. The van der Waals surface area contributed by atoms with Gasteiger partial charge >= 0.3 is 0 Å². The van der Waals surface area contributed by atoms with Crippen LogP contribution in [0.15, 0.2) is 23.8 Å². The number of rotatable bonds is 3. The Balaban J connectivity index is 2.12. The maximum atomic E-state index is 12.4. The fourth-order valence-corrected chi connectivity index (χ4v) is 16.0. The van der Waals surface area contributed by atoms with E-state index >= 15 is 0 Å². The third kappa shape index (κ3) is 3.06. The summed E-state index contributed by atoms with van der Waals surface area (Å²) in [6.07, 6.45) is 4.46. The minimum atomic E-state index is -1.59. The first-order valence-corrected chi connectivity index (χ1v) is 18.5. The third-order valence-corrected chi connectivity index (χ3v) is 26.1. The van der Waals surface area contributed by atoms with E-state index in [1.807, 2.05) is 0 Å². The average Bonchev–Trinajstić information content (AvgIpc) is 3.09. The highest BCUT2D eigenvalue weighted by Crippen LogP contribution is 2.42. The molecule has 0 unspecified atom stereocenters. The van der Waals surface area contributed by atoms with Crippen LogP contribution in [0, 0.1) is 6.92 Å². The molecule has 0 saturated carbocycles. The van der Waals surface area contributed by atoms with Crippen molar-refractivity contribution in [3.63, 3.8) is 0 Å². The molecule has 2 aromatic rings. The van der Waals surface area contributed by atoms with Gasteiger partial charge in [0.05, 0.1) is 15.2 Å². The lowest BCUT2D eigenvalue weighted by Gasteiger charge is -2.53. The highest BCUT2D eigenvalue weighted by molar-refractivity contribution is 7.57. The van der Waals surface area contributed by atoms with Gasteiger partial charge in [0.2, 0.25) is 0 Å². The molecule has 0 bridgehead atoms. The maximum Gasteiger partial charge on any atom is 0.269 e. The summed E-state index contributed by atoms with van der Waals surface area (Å²) in [4.78, 5) is 12.4. The van der Waals surface area contributed by atoms with Gasteiger partial charge in [-0.3, -0.25) is 10.5 Å². The van der Waals surface area contributed by atoms with Crippen LogP contribution < -0.4 is 16.1 Å². The summed E-state index contributed by atoms with van der Waals surface area (Å²) >= 11 is 0. The summed E-state index contributed by atoms with van der Waals surface area (Å²) in [7, 11) is -3.16. The Hall–Kier alpha value is -1.92. The zero-order valence-corrected chi connectivity index (χ0v) is 22.6. The molecule has 1 aliphatic heterocycles. The molecule has 2 nitrogen and oxygen atoms in total. The van der Waals surface area contributed by atoms with E-state index in [-0.39, 0.29) is 5.41 Å². The predicted octanol–water partition coefficient (Wildman–Crippen LogP) is 5.65. The molecule has 0 saturated heterocycles. The molecule has 0 atom stereocenters. The summed E-state index contributed by atoms with van der Waals surface area (Å²) in [6, 6.07) is 6.88. The molecule has 163 valence electrons. The van der Waals surface area contributed by atoms with E-state index in [4.69, 9.17) is 5.73 Å². The highest BCUT2D eigenvalue weighted by atomic mass is 29.3. The Morgan fingerprint density at radius 3 is 2.26 bits per heavy atom. The molecule has 2 aliphatic rings. The molecule has 31 heavy (non-hydrogen) atoms. The van der Waals surface area contributed by atoms with Gasteiger partial charge in [-0.25, -0.2) is 0 Å². The standard InChI is InChI=1S/C27H36NOSi2/c1-10-17-11-18-13-19(27(3,4)5)14-22(21(18)12-17)24-16(2)20(26(28)29)15-23-25(24)31(8,9)30(23,6)7/h11,13-15,28H,10,12H2,1-9H3. The van der Waals surface area contributed by atoms with Gasteiger partial charge < -0.3 is 0 Å². The minimum Gasteiger partial charge on any atom is -0.267 e. The van der Waals surface area contributed by atoms with Crippen molar-refractivity contribution in [2.45, 2.75) is 79.1 Å². The number of hydrogen-bond donors (Lipinski definition) is 0. The number of carbonyl (C=O) groups excluding carboxylic acids is 1. The van der Waals surface area contributed by atoms with E-state index in [1.54, 1.807) is 5.19 Å². The number of benzene rings is 2. The van der Waals surface area contributed by atoms with Crippen molar-refractivity contribution in [1.82, 2.24) is 5.73 Å². The summed E-state index contributed by atoms with van der Waals surface area (Å²) in [5.74, 6) is -0.547. The Bertz CT molecular complexity index is 1160. The monoisotopic (exact) mass is 446 g/mol. The van der Waals surface area contributed by atoms with Crippen LogP contribution in [0.1, 0.15) is 66.7 Å². The van der Waals surface area contributed by atoms with Gasteiger partial charge in [-0.15, -0.1) is 0 Å². The lowest BCUT2D eigenvalue weighted by atomic mass is 9.81. The molecule has 0 aromatic heterocycles. The normalized spacial score (nSPS) is 18.2. The van der Waals surface area contributed by atoms with Crippen LogP contribution in [0.3, 0.4) is 0 Å². The fraction of sp³-hybridized carbons (Fsp3) is 0.444. The SMILES string of the molecule is CCC1=Cc2cc(C(C)(C)C)cc(-c3c(C)c(C([NH])=O)cc4c3[Si](C)(C)[Si]4(C)C)c2C1. The molecule has 0 fully saturated rings. The number of fused-ring (bicyclic) bond motifs is 2. The van der Waals surface area contributed by atoms with Crippen molar-refractivity contribution in [2.75, 3.05) is 0 Å². The Kier molecular flexibility index (Phi) is 4.88. The van der Waals surface area contributed by atoms with E-state index in [1.165, 1.54) is 38.6 Å². The molecule has 1 N–H and O–H groups in total. The third-order valence-electron chi connectivity index (χ3n) is 8.33. The molecule has 1 heterocycles. The summed E-state index contributed by atoms with van der Waals surface area (Å²) in [5.41, 5.74) is 17.9. The van der Waals surface area contributed by atoms with E-state index < -0.39 is 21.1 Å². The van der Waals surface area contributed by atoms with E-state index in [0.29, 0.717) is 5.56 Å². The largest absolute Gasteiger partial charge is 0.269 e. The van der Waals surface area contributed by atoms with Gasteiger partial charge in [0.15, 0.2) is 0 Å². The Morgan fingerprint density at radius 2 is 1.71 bits per heavy atom. The topological polar surface area (TPSA) is 40.9 Å². The van der Waals surface area contributed by atoms with E-state index in [9.17, 15) is 4.79 Å². The van der Waals surface area contributed by atoms with Gasteiger partial charge in [0, 0.05) is 5.56 Å². The lowest BCUT2D eigenvalue weighted by Crippen LogP contribution is -2.85. The quantitative estimate of drug-likeness (QED) is 0.561. The molecular weight excluding hydrogens is 410 g/mol.